The number of hydrogen-bond donors (Lipinski definition) is 7. The molecular weight excluding hydrogens is 478 g/mol. The molecule has 0 bridgehead atoms. The number of benzene rings is 1. The van der Waals surface area contributed by atoms with Gasteiger partial charge in [0.25, 0.3) is 0 Å². The number of amides is 5. The number of aliphatic imine (C=N–C) groups is 1. The highest BCUT2D eigenvalue weighted by atomic mass is 16.2. The predicted molar refractivity (Wildman–Crippen MR) is 142 cm³/mol. The normalized spacial score (nSPS) is 13.3. The van der Waals surface area contributed by atoms with Crippen molar-refractivity contribution in [3.63, 3.8) is 0 Å². The van der Waals surface area contributed by atoms with Gasteiger partial charge in [0.1, 0.15) is 12.1 Å². The van der Waals surface area contributed by atoms with Crippen LogP contribution in [0.3, 0.4) is 0 Å². The third-order valence-corrected chi connectivity index (χ3v) is 5.04. The van der Waals surface area contributed by atoms with E-state index in [0.29, 0.717) is 25.8 Å². The van der Waals surface area contributed by atoms with Crippen LogP contribution in [0, 0.1) is 5.92 Å². The number of nitrogens with one attached hydrogen (secondary N) is 4. The third kappa shape index (κ3) is 14.1. The van der Waals surface area contributed by atoms with Gasteiger partial charge in [0.05, 0.1) is 6.04 Å². The van der Waals surface area contributed by atoms with Gasteiger partial charge in [-0.2, -0.15) is 5.10 Å². The average Bonchev–Trinajstić information content (AvgIpc) is 2.80. The lowest BCUT2D eigenvalue weighted by Gasteiger charge is -2.25. The topological polar surface area (TPSA) is 219 Å². The molecule has 1 aromatic carbocycles. The Morgan fingerprint density at radius 2 is 1.59 bits per heavy atom. The van der Waals surface area contributed by atoms with E-state index in [1.165, 1.54) is 13.1 Å². The second-order valence-corrected chi connectivity index (χ2v) is 8.95. The fourth-order valence-corrected chi connectivity index (χ4v) is 3.46. The summed E-state index contributed by atoms with van der Waals surface area (Å²) in [6.07, 6.45) is 2.84. The Morgan fingerprint density at radius 1 is 0.946 bits per heavy atom. The summed E-state index contributed by atoms with van der Waals surface area (Å²) in [4.78, 5) is 53.0. The predicted octanol–water partition coefficient (Wildman–Crippen LogP) is -0.543. The second kappa shape index (κ2) is 16.5. The molecule has 1 aromatic rings. The number of hydrogen-bond acceptors (Lipinski definition) is 6. The van der Waals surface area contributed by atoms with Crippen LogP contribution >= 0.6 is 0 Å². The van der Waals surface area contributed by atoms with Crippen molar-refractivity contribution < 1.29 is 19.2 Å². The Morgan fingerprint density at radius 3 is 2.16 bits per heavy atom. The van der Waals surface area contributed by atoms with Gasteiger partial charge < -0.3 is 33.2 Å². The smallest absolute Gasteiger partial charge is 0.332 e. The van der Waals surface area contributed by atoms with E-state index in [9.17, 15) is 19.2 Å². The number of urea groups is 1. The van der Waals surface area contributed by atoms with Crippen molar-refractivity contribution in [3.8, 4) is 0 Å². The number of guanidine groups is 1. The van der Waals surface area contributed by atoms with Crippen molar-refractivity contribution in [3.05, 3.63) is 35.9 Å². The first kappa shape index (κ1) is 30.9. The van der Waals surface area contributed by atoms with Gasteiger partial charge in [0, 0.05) is 26.1 Å². The highest BCUT2D eigenvalue weighted by molar-refractivity contribution is 5.93. The molecule has 3 atom stereocenters. The summed E-state index contributed by atoms with van der Waals surface area (Å²) in [5.41, 5.74) is 18.7. The second-order valence-electron chi connectivity index (χ2n) is 8.95. The Bertz CT molecular complexity index is 947. The summed E-state index contributed by atoms with van der Waals surface area (Å²) in [7, 11) is 0. The van der Waals surface area contributed by atoms with Crippen LogP contribution in [0.15, 0.2) is 40.4 Å². The van der Waals surface area contributed by atoms with Gasteiger partial charge >= 0.3 is 6.03 Å². The molecule has 13 nitrogen and oxygen atoms in total. The van der Waals surface area contributed by atoms with Crippen molar-refractivity contribution in [1.82, 2.24) is 21.4 Å². The minimum absolute atomic E-state index is 0.0505. The molecule has 0 radical (unpaired) electrons. The molecule has 0 heterocycles. The van der Waals surface area contributed by atoms with Gasteiger partial charge in [-0.05, 0) is 30.7 Å². The van der Waals surface area contributed by atoms with Crippen molar-refractivity contribution in [2.45, 2.75) is 64.6 Å². The van der Waals surface area contributed by atoms with Crippen LogP contribution in [0.2, 0.25) is 0 Å². The summed E-state index contributed by atoms with van der Waals surface area (Å²) < 4.78 is 0. The van der Waals surface area contributed by atoms with E-state index in [-0.39, 0.29) is 24.2 Å². The van der Waals surface area contributed by atoms with Gasteiger partial charge in [-0.1, -0.05) is 44.2 Å². The number of nitrogens with two attached hydrogens (primary N) is 3. The average molecular weight is 518 g/mol. The van der Waals surface area contributed by atoms with E-state index in [1.54, 1.807) is 0 Å². The van der Waals surface area contributed by atoms with Gasteiger partial charge in [-0.3, -0.25) is 19.4 Å². The zero-order chi connectivity index (χ0) is 27.8. The van der Waals surface area contributed by atoms with Gasteiger partial charge in [-0.15, -0.1) is 0 Å². The maximum absolute atomic E-state index is 13.3. The van der Waals surface area contributed by atoms with E-state index in [4.69, 9.17) is 17.2 Å². The minimum atomic E-state index is -0.948. The van der Waals surface area contributed by atoms with E-state index in [2.05, 4.69) is 31.5 Å². The molecule has 0 saturated carbocycles. The number of primary amides is 1. The number of hydrazone groups is 1. The number of nitrogens with zero attached hydrogens (tertiary/aromatic N) is 2. The van der Waals surface area contributed by atoms with E-state index in [0.717, 1.165) is 5.56 Å². The summed E-state index contributed by atoms with van der Waals surface area (Å²) in [6.45, 7) is 5.52. The molecule has 0 saturated heterocycles. The first-order valence-electron chi connectivity index (χ1n) is 12.0. The lowest BCUT2D eigenvalue weighted by atomic mass is 10.0. The Kier molecular flexibility index (Phi) is 13.8. The number of carbonyl (C=O) groups is 4. The molecule has 0 spiro atoms. The Hall–Kier alpha value is -4.16. The van der Waals surface area contributed by atoms with Crippen molar-refractivity contribution in [2.75, 3.05) is 6.54 Å². The van der Waals surface area contributed by atoms with Gasteiger partial charge in [0.15, 0.2) is 5.96 Å². The highest BCUT2D eigenvalue weighted by Gasteiger charge is 2.28. The van der Waals surface area contributed by atoms with E-state index < -0.39 is 36.0 Å². The van der Waals surface area contributed by atoms with E-state index in [1.807, 2.05) is 44.2 Å². The van der Waals surface area contributed by atoms with Crippen molar-refractivity contribution >= 4 is 35.9 Å². The fraction of sp³-hybridized carbons (Fsp3) is 0.500. The monoisotopic (exact) mass is 517 g/mol. The van der Waals surface area contributed by atoms with Crippen LogP contribution in [0.5, 0.6) is 0 Å². The lowest BCUT2D eigenvalue weighted by Crippen LogP contribution is -2.56. The van der Waals surface area contributed by atoms with Crippen LogP contribution in [-0.4, -0.2) is 60.6 Å². The summed E-state index contributed by atoms with van der Waals surface area (Å²) >= 11 is 0. The standard InChI is InChI=1S/C24H39N9O4/c1-15(2)12-19(30-16(3)34)22(36)32-20(13-17-8-5-4-6-9-17)21(35)31-18(14-29-33-24(27)37)10-7-11-28-23(25)26/h4-6,8-9,14-15,18-20H,7,10-13H2,1-3H3,(H,30,34)(H,31,35)(H,32,36)(H4,25,26,28)(H3,27,33,37)/b29-14+/t18-,19-,20-/m0/s1. The molecule has 13 heteroatoms. The van der Waals surface area contributed by atoms with Crippen LogP contribution in [-0.2, 0) is 20.8 Å². The van der Waals surface area contributed by atoms with Crippen LogP contribution in [0.1, 0.15) is 45.6 Å². The van der Waals surface area contributed by atoms with Gasteiger partial charge in [0.2, 0.25) is 17.7 Å². The molecule has 5 amide bonds. The molecular formula is C24H39N9O4. The Balaban J connectivity index is 3.09. The zero-order valence-corrected chi connectivity index (χ0v) is 21.6. The SMILES string of the molecule is CC(=O)N[C@@H](CC(C)C)C(=O)N[C@@H](Cc1ccccc1)C(=O)N[C@H](/C=N/NC(N)=O)CCCN=C(N)N. The highest BCUT2D eigenvalue weighted by Crippen LogP contribution is 2.09. The molecule has 0 unspecified atom stereocenters. The lowest BCUT2D eigenvalue weighted by molar-refractivity contribution is -0.132. The van der Waals surface area contributed by atoms with Gasteiger partial charge in [-0.25, -0.2) is 10.2 Å². The molecule has 0 aromatic heterocycles. The largest absolute Gasteiger partial charge is 0.370 e. The molecule has 0 aliphatic heterocycles. The first-order chi connectivity index (χ1) is 17.5. The molecule has 0 aliphatic carbocycles. The molecule has 1 rings (SSSR count). The molecule has 204 valence electrons. The minimum Gasteiger partial charge on any atom is -0.370 e. The number of carbonyl (C=O) groups excluding carboxylic acids is 4. The van der Waals surface area contributed by atoms with Crippen molar-refractivity contribution in [1.29, 1.82) is 0 Å². The fourth-order valence-electron chi connectivity index (χ4n) is 3.46. The maximum Gasteiger partial charge on any atom is 0.332 e. The van der Waals surface area contributed by atoms with Crippen molar-refractivity contribution in [2.24, 2.45) is 33.2 Å². The van der Waals surface area contributed by atoms with Crippen LogP contribution in [0.4, 0.5) is 4.79 Å². The Labute approximate surface area is 217 Å². The quantitative estimate of drug-likeness (QED) is 0.0700. The molecule has 37 heavy (non-hydrogen) atoms. The maximum atomic E-state index is 13.3. The zero-order valence-electron chi connectivity index (χ0n) is 21.6. The summed E-state index contributed by atoms with van der Waals surface area (Å²) in [5.74, 6) is -1.20. The van der Waals surface area contributed by atoms with Crippen LogP contribution in [0.25, 0.3) is 0 Å². The number of rotatable bonds is 15. The summed E-state index contributed by atoms with van der Waals surface area (Å²) in [6, 6.07) is 5.99. The molecule has 0 fully saturated rings. The summed E-state index contributed by atoms with van der Waals surface area (Å²) in [5, 5.41) is 12.0. The molecule has 10 N–H and O–H groups in total. The molecule has 0 aliphatic rings. The third-order valence-electron chi connectivity index (χ3n) is 5.04. The first-order valence-corrected chi connectivity index (χ1v) is 12.0. The van der Waals surface area contributed by atoms with Crippen LogP contribution < -0.4 is 38.6 Å². The van der Waals surface area contributed by atoms with E-state index >= 15 is 0 Å².